The highest BCUT2D eigenvalue weighted by atomic mass is 19.4. The van der Waals surface area contributed by atoms with Gasteiger partial charge in [0.25, 0.3) is 0 Å². The Kier molecular flexibility index (Phi) is 5.69. The average Bonchev–Trinajstić information content (AvgIpc) is 2.27. The van der Waals surface area contributed by atoms with Gasteiger partial charge in [0, 0.05) is 19.7 Å². The van der Waals surface area contributed by atoms with Crippen LogP contribution in [0.3, 0.4) is 0 Å². The van der Waals surface area contributed by atoms with Crippen molar-refractivity contribution in [2.24, 2.45) is 0 Å². The molecule has 0 aliphatic carbocycles. The van der Waals surface area contributed by atoms with E-state index in [0.29, 0.717) is 6.54 Å². The minimum atomic E-state index is -4.14. The van der Waals surface area contributed by atoms with Crippen LogP contribution in [0.5, 0.6) is 0 Å². The fourth-order valence-electron chi connectivity index (χ4n) is 2.15. The van der Waals surface area contributed by atoms with E-state index in [1.807, 2.05) is 0 Å². The molecule has 1 saturated heterocycles. The third-order valence-corrected chi connectivity index (χ3v) is 3.10. The molecule has 102 valence electrons. The Morgan fingerprint density at radius 2 is 1.94 bits per heavy atom. The Hall–Kier alpha value is -0.330. The van der Waals surface area contributed by atoms with Gasteiger partial charge in [-0.15, -0.1) is 0 Å². The van der Waals surface area contributed by atoms with E-state index in [9.17, 15) is 13.2 Å². The lowest BCUT2D eigenvalue weighted by Gasteiger charge is -2.36. The summed E-state index contributed by atoms with van der Waals surface area (Å²) in [7, 11) is 1.53. The van der Waals surface area contributed by atoms with Gasteiger partial charge in [-0.25, -0.2) is 0 Å². The van der Waals surface area contributed by atoms with Gasteiger partial charge in [0.1, 0.15) is 0 Å². The van der Waals surface area contributed by atoms with Crippen LogP contribution in [0.4, 0.5) is 13.2 Å². The molecule has 0 amide bonds. The summed E-state index contributed by atoms with van der Waals surface area (Å²) in [6.07, 6.45) is -2.77. The van der Waals surface area contributed by atoms with Gasteiger partial charge in [-0.05, 0) is 32.9 Å². The summed E-state index contributed by atoms with van der Waals surface area (Å²) in [5.41, 5.74) is 0. The monoisotopic (exact) mass is 254 g/mol. The second-order valence-electron chi connectivity index (χ2n) is 4.57. The third kappa shape index (κ3) is 5.70. The predicted molar refractivity (Wildman–Crippen MR) is 60.0 cm³/mol. The molecule has 1 aliphatic heterocycles. The number of ether oxygens (including phenoxy) is 1. The summed E-state index contributed by atoms with van der Waals surface area (Å²) in [4.78, 5) is 1.51. The van der Waals surface area contributed by atoms with Crippen LogP contribution in [0, 0.1) is 0 Å². The van der Waals surface area contributed by atoms with Crippen LogP contribution in [0.25, 0.3) is 0 Å². The number of halogens is 3. The van der Waals surface area contributed by atoms with Crippen molar-refractivity contribution in [1.82, 2.24) is 10.2 Å². The van der Waals surface area contributed by atoms with Crippen molar-refractivity contribution in [2.75, 3.05) is 33.3 Å². The van der Waals surface area contributed by atoms with Crippen LogP contribution in [0.1, 0.15) is 19.8 Å². The maximum absolute atomic E-state index is 12.5. The molecule has 0 aromatic rings. The fraction of sp³-hybridized carbons (Fsp3) is 1.00. The maximum Gasteiger partial charge on any atom is 0.401 e. The Labute approximate surface area is 100 Å². The molecule has 0 aromatic carbocycles. The van der Waals surface area contributed by atoms with Crippen molar-refractivity contribution in [2.45, 2.75) is 38.1 Å². The highest BCUT2D eigenvalue weighted by molar-refractivity contribution is 4.80. The summed E-state index contributed by atoms with van der Waals surface area (Å²) in [6, 6.07) is 0.00970. The minimum Gasteiger partial charge on any atom is -0.380 e. The van der Waals surface area contributed by atoms with Crippen molar-refractivity contribution in [3.05, 3.63) is 0 Å². The molecular weight excluding hydrogens is 233 g/mol. The first kappa shape index (κ1) is 14.7. The molecule has 17 heavy (non-hydrogen) atoms. The molecule has 6 heteroatoms. The Morgan fingerprint density at radius 3 is 2.41 bits per heavy atom. The summed E-state index contributed by atoms with van der Waals surface area (Å²) in [5, 5.41) is 3.16. The normalized spacial score (nSPS) is 20.8. The lowest BCUT2D eigenvalue weighted by atomic mass is 10.0. The van der Waals surface area contributed by atoms with Gasteiger partial charge in [-0.2, -0.15) is 13.2 Å². The number of hydrogen-bond acceptors (Lipinski definition) is 3. The van der Waals surface area contributed by atoms with E-state index < -0.39 is 12.7 Å². The van der Waals surface area contributed by atoms with Crippen LogP contribution < -0.4 is 5.32 Å². The molecule has 3 nitrogen and oxygen atoms in total. The minimum absolute atomic E-state index is 0.00970. The largest absolute Gasteiger partial charge is 0.401 e. The van der Waals surface area contributed by atoms with E-state index in [2.05, 4.69) is 5.32 Å². The van der Waals surface area contributed by atoms with Gasteiger partial charge in [0.05, 0.1) is 12.6 Å². The summed E-state index contributed by atoms with van der Waals surface area (Å²) in [6.45, 7) is 2.87. The van der Waals surface area contributed by atoms with Gasteiger partial charge in [0.2, 0.25) is 0 Å². The molecular formula is C11H21F3N2O. The van der Waals surface area contributed by atoms with Crippen molar-refractivity contribution >= 4 is 0 Å². The lowest BCUT2D eigenvalue weighted by molar-refractivity contribution is -0.155. The number of piperidine rings is 1. The van der Waals surface area contributed by atoms with Gasteiger partial charge in [-0.3, -0.25) is 4.90 Å². The molecule has 0 saturated carbocycles. The molecule has 0 bridgehead atoms. The molecule has 1 aliphatic rings. The smallest absolute Gasteiger partial charge is 0.380 e. The Balaban J connectivity index is 2.56. The maximum atomic E-state index is 12.5. The lowest BCUT2D eigenvalue weighted by Crippen LogP contribution is -2.49. The van der Waals surface area contributed by atoms with Crippen LogP contribution in [-0.4, -0.2) is 56.5 Å². The zero-order valence-corrected chi connectivity index (χ0v) is 10.4. The molecule has 0 spiro atoms. The fourth-order valence-corrected chi connectivity index (χ4v) is 2.15. The molecule has 1 atom stereocenters. The van der Waals surface area contributed by atoms with Crippen molar-refractivity contribution in [3.8, 4) is 0 Å². The molecule has 1 N–H and O–H groups in total. The van der Waals surface area contributed by atoms with Crippen LogP contribution >= 0.6 is 0 Å². The molecule has 1 fully saturated rings. The molecule has 0 aromatic heterocycles. The first-order valence-electron chi connectivity index (χ1n) is 5.96. The van der Waals surface area contributed by atoms with Gasteiger partial charge < -0.3 is 10.1 Å². The van der Waals surface area contributed by atoms with E-state index in [4.69, 9.17) is 4.74 Å². The van der Waals surface area contributed by atoms with Crippen molar-refractivity contribution in [3.63, 3.8) is 0 Å². The summed E-state index contributed by atoms with van der Waals surface area (Å²) < 4.78 is 42.6. The van der Waals surface area contributed by atoms with Crippen molar-refractivity contribution < 1.29 is 17.9 Å². The summed E-state index contributed by atoms with van der Waals surface area (Å²) in [5.74, 6) is 0. The zero-order chi connectivity index (χ0) is 12.9. The highest BCUT2D eigenvalue weighted by Gasteiger charge is 2.34. The standard InChI is InChI=1S/C11H21F3N2O/c1-9(17-2)7-16(8-11(12,13)14)10-3-5-15-6-4-10/h9-10,15H,3-8H2,1-2H3. The number of nitrogens with one attached hydrogen (secondary N) is 1. The predicted octanol–water partition coefficient (Wildman–Crippen LogP) is 1.64. The van der Waals surface area contributed by atoms with E-state index in [1.54, 1.807) is 6.92 Å². The zero-order valence-electron chi connectivity index (χ0n) is 10.4. The topological polar surface area (TPSA) is 24.5 Å². The number of methoxy groups -OCH3 is 1. The molecule has 1 unspecified atom stereocenters. The van der Waals surface area contributed by atoms with Crippen LogP contribution in [0.15, 0.2) is 0 Å². The summed E-state index contributed by atoms with van der Waals surface area (Å²) >= 11 is 0. The molecule has 1 rings (SSSR count). The van der Waals surface area contributed by atoms with Gasteiger partial charge in [-0.1, -0.05) is 0 Å². The Bertz CT molecular complexity index is 217. The van der Waals surface area contributed by atoms with Crippen molar-refractivity contribution in [1.29, 1.82) is 0 Å². The van der Waals surface area contributed by atoms with E-state index in [1.165, 1.54) is 12.0 Å². The van der Waals surface area contributed by atoms with E-state index >= 15 is 0 Å². The quantitative estimate of drug-likeness (QED) is 0.807. The molecule has 1 heterocycles. The highest BCUT2D eigenvalue weighted by Crippen LogP contribution is 2.21. The first-order valence-corrected chi connectivity index (χ1v) is 5.96. The second kappa shape index (κ2) is 6.56. The average molecular weight is 254 g/mol. The number of hydrogen-bond donors (Lipinski definition) is 1. The van der Waals surface area contributed by atoms with E-state index in [-0.39, 0.29) is 12.1 Å². The SMILES string of the molecule is COC(C)CN(CC(F)(F)F)C1CCNCC1. The Morgan fingerprint density at radius 1 is 1.35 bits per heavy atom. The number of nitrogens with zero attached hydrogens (tertiary/aromatic N) is 1. The first-order chi connectivity index (χ1) is 7.92. The molecule has 0 radical (unpaired) electrons. The van der Waals surface area contributed by atoms with E-state index in [0.717, 1.165) is 25.9 Å². The second-order valence-corrected chi connectivity index (χ2v) is 4.57. The van der Waals surface area contributed by atoms with Crippen LogP contribution in [0.2, 0.25) is 0 Å². The number of rotatable bonds is 5. The number of alkyl halides is 3. The van der Waals surface area contributed by atoms with Crippen LogP contribution in [-0.2, 0) is 4.74 Å². The van der Waals surface area contributed by atoms with Gasteiger partial charge >= 0.3 is 6.18 Å². The van der Waals surface area contributed by atoms with Gasteiger partial charge in [0.15, 0.2) is 0 Å². The third-order valence-electron chi connectivity index (χ3n) is 3.10.